The molecule has 3 aromatic carbocycles. The minimum absolute atomic E-state index is 0.0615. The number of anilines is 1. The monoisotopic (exact) mass is 416 g/mol. The van der Waals surface area contributed by atoms with Crippen LogP contribution in [0.3, 0.4) is 0 Å². The van der Waals surface area contributed by atoms with Gasteiger partial charge in [-0.1, -0.05) is 67.6 Å². The van der Waals surface area contributed by atoms with Crippen molar-refractivity contribution in [3.63, 3.8) is 0 Å². The molecule has 8 nitrogen and oxygen atoms in total. The molecule has 0 saturated heterocycles. The van der Waals surface area contributed by atoms with E-state index in [1.54, 1.807) is 6.08 Å². The first-order chi connectivity index (χ1) is 15.0. The molecule has 0 aliphatic carbocycles. The van der Waals surface area contributed by atoms with Gasteiger partial charge in [-0.15, -0.1) is 0 Å². The molecule has 0 aliphatic rings. The molecule has 0 bridgehead atoms. The van der Waals surface area contributed by atoms with Crippen LogP contribution in [0.15, 0.2) is 84.0 Å². The number of hydrogen-bond acceptors (Lipinski definition) is 6. The standard InChI is InChI=1S/C23H20N4O4/c1-2-17-8-11-19(12-9-17)21(14-10-18-6-4-3-5-7-18)24-25-22-15-13-20(26(28)29)16-23(22)27(30)31/h3-16,25H,2H2,1H3/b14-10+,24-21-. The number of non-ortho nitro benzene ring substituents is 1. The number of nitrogens with one attached hydrogen (secondary N) is 1. The van der Waals surface area contributed by atoms with Crippen LogP contribution in [0.25, 0.3) is 6.08 Å². The van der Waals surface area contributed by atoms with E-state index in [2.05, 4.69) is 17.5 Å². The number of hydrogen-bond donors (Lipinski definition) is 1. The molecule has 0 aliphatic heterocycles. The summed E-state index contributed by atoms with van der Waals surface area (Å²) in [5.41, 5.74) is 5.50. The lowest BCUT2D eigenvalue weighted by Gasteiger charge is -2.06. The molecule has 0 atom stereocenters. The molecule has 0 aromatic heterocycles. The van der Waals surface area contributed by atoms with Crippen LogP contribution in [-0.4, -0.2) is 15.6 Å². The minimum atomic E-state index is -0.680. The fraction of sp³-hybridized carbons (Fsp3) is 0.0870. The predicted octanol–water partition coefficient (Wildman–Crippen LogP) is 5.60. The van der Waals surface area contributed by atoms with Crippen LogP contribution >= 0.6 is 0 Å². The van der Waals surface area contributed by atoms with Gasteiger partial charge in [0.15, 0.2) is 0 Å². The summed E-state index contributed by atoms with van der Waals surface area (Å²) in [6.07, 6.45) is 4.60. The zero-order valence-electron chi connectivity index (χ0n) is 16.8. The maximum absolute atomic E-state index is 11.4. The van der Waals surface area contributed by atoms with Crippen LogP contribution in [0.1, 0.15) is 23.6 Å². The van der Waals surface area contributed by atoms with E-state index in [9.17, 15) is 20.2 Å². The lowest BCUT2D eigenvalue weighted by atomic mass is 10.1. The second kappa shape index (κ2) is 9.93. The van der Waals surface area contributed by atoms with Crippen LogP contribution < -0.4 is 5.43 Å². The van der Waals surface area contributed by atoms with Gasteiger partial charge in [0.05, 0.1) is 21.6 Å². The summed E-state index contributed by atoms with van der Waals surface area (Å²) in [5, 5.41) is 26.7. The maximum Gasteiger partial charge on any atom is 0.301 e. The first-order valence-electron chi connectivity index (χ1n) is 9.57. The summed E-state index contributed by atoms with van der Waals surface area (Å²) >= 11 is 0. The highest BCUT2D eigenvalue weighted by molar-refractivity contribution is 6.11. The van der Waals surface area contributed by atoms with E-state index in [4.69, 9.17) is 0 Å². The van der Waals surface area contributed by atoms with Crippen LogP contribution in [0.2, 0.25) is 0 Å². The van der Waals surface area contributed by atoms with Crippen molar-refractivity contribution in [2.45, 2.75) is 13.3 Å². The molecule has 1 N–H and O–H groups in total. The van der Waals surface area contributed by atoms with Crippen LogP contribution in [0.4, 0.5) is 17.1 Å². The van der Waals surface area contributed by atoms with E-state index in [-0.39, 0.29) is 11.4 Å². The van der Waals surface area contributed by atoms with E-state index >= 15 is 0 Å². The van der Waals surface area contributed by atoms with Gasteiger partial charge in [0.1, 0.15) is 5.69 Å². The Morgan fingerprint density at radius 2 is 1.68 bits per heavy atom. The Kier molecular flexibility index (Phi) is 6.85. The van der Waals surface area contributed by atoms with E-state index in [1.165, 1.54) is 17.7 Å². The lowest BCUT2D eigenvalue weighted by Crippen LogP contribution is -2.04. The van der Waals surface area contributed by atoms with E-state index in [0.29, 0.717) is 5.71 Å². The van der Waals surface area contributed by atoms with Crippen molar-refractivity contribution in [1.82, 2.24) is 0 Å². The quantitative estimate of drug-likeness (QED) is 0.292. The number of nitro groups is 2. The summed E-state index contributed by atoms with van der Waals surface area (Å²) in [4.78, 5) is 21.0. The number of aryl methyl sites for hydroxylation is 1. The predicted molar refractivity (Wildman–Crippen MR) is 121 cm³/mol. The number of nitrogens with zero attached hydrogens (tertiary/aromatic N) is 3. The Labute approximate surface area is 178 Å². The van der Waals surface area contributed by atoms with E-state index in [0.717, 1.165) is 23.6 Å². The van der Waals surface area contributed by atoms with Gasteiger partial charge in [0.25, 0.3) is 5.69 Å². The molecule has 3 aromatic rings. The van der Waals surface area contributed by atoms with Crippen LogP contribution in [0.5, 0.6) is 0 Å². The molecule has 8 heteroatoms. The molecule has 156 valence electrons. The zero-order chi connectivity index (χ0) is 22.2. The lowest BCUT2D eigenvalue weighted by molar-refractivity contribution is -0.393. The fourth-order valence-electron chi connectivity index (χ4n) is 2.85. The Balaban J connectivity index is 1.97. The minimum Gasteiger partial charge on any atom is -0.271 e. The van der Waals surface area contributed by atoms with Crippen LogP contribution in [-0.2, 0) is 6.42 Å². The Morgan fingerprint density at radius 3 is 2.29 bits per heavy atom. The summed E-state index contributed by atoms with van der Waals surface area (Å²) in [7, 11) is 0. The van der Waals surface area contributed by atoms with Crippen molar-refractivity contribution < 1.29 is 9.85 Å². The second-order valence-electron chi connectivity index (χ2n) is 6.62. The van der Waals surface area contributed by atoms with Crippen molar-refractivity contribution in [2.75, 3.05) is 5.43 Å². The number of hydrazone groups is 1. The van der Waals surface area contributed by atoms with Gasteiger partial charge in [-0.3, -0.25) is 25.7 Å². The summed E-state index contributed by atoms with van der Waals surface area (Å²) in [6.45, 7) is 2.06. The highest BCUT2D eigenvalue weighted by Gasteiger charge is 2.19. The largest absolute Gasteiger partial charge is 0.301 e. The van der Waals surface area contributed by atoms with Gasteiger partial charge in [0.2, 0.25) is 0 Å². The molecule has 0 unspecified atom stereocenters. The Hall–Kier alpha value is -4.33. The third-order valence-electron chi connectivity index (χ3n) is 4.58. The fourth-order valence-corrected chi connectivity index (χ4v) is 2.85. The first-order valence-corrected chi connectivity index (χ1v) is 9.57. The molecule has 0 amide bonds. The molecule has 3 rings (SSSR count). The molecule has 31 heavy (non-hydrogen) atoms. The van der Waals surface area contributed by atoms with Crippen molar-refractivity contribution >= 4 is 28.8 Å². The summed E-state index contributed by atoms with van der Waals surface area (Å²) in [6, 6.07) is 20.9. The average Bonchev–Trinajstić information content (AvgIpc) is 2.79. The number of benzene rings is 3. The first kappa shape index (κ1) is 21.4. The number of allylic oxidation sites excluding steroid dienone is 1. The molecular weight excluding hydrogens is 396 g/mol. The summed E-state index contributed by atoms with van der Waals surface area (Å²) < 4.78 is 0. The summed E-state index contributed by atoms with van der Waals surface area (Å²) in [5.74, 6) is 0. The van der Waals surface area contributed by atoms with E-state index < -0.39 is 15.5 Å². The highest BCUT2D eigenvalue weighted by atomic mass is 16.6. The van der Waals surface area contributed by atoms with E-state index in [1.807, 2.05) is 60.7 Å². The smallest absolute Gasteiger partial charge is 0.271 e. The second-order valence-corrected chi connectivity index (χ2v) is 6.62. The molecular formula is C23H20N4O4. The molecule has 0 fully saturated rings. The molecule has 0 radical (unpaired) electrons. The topological polar surface area (TPSA) is 111 Å². The van der Waals surface area contributed by atoms with Gasteiger partial charge >= 0.3 is 5.69 Å². The maximum atomic E-state index is 11.4. The number of rotatable bonds is 8. The Bertz CT molecular complexity index is 1140. The Morgan fingerprint density at radius 1 is 0.968 bits per heavy atom. The number of nitro benzene ring substituents is 2. The third-order valence-corrected chi connectivity index (χ3v) is 4.58. The van der Waals surface area contributed by atoms with Gasteiger partial charge in [-0.25, -0.2) is 0 Å². The zero-order valence-corrected chi connectivity index (χ0v) is 16.8. The average molecular weight is 416 g/mol. The van der Waals surface area contributed by atoms with Gasteiger partial charge < -0.3 is 0 Å². The highest BCUT2D eigenvalue weighted by Crippen LogP contribution is 2.29. The van der Waals surface area contributed by atoms with Crippen LogP contribution in [0, 0.1) is 20.2 Å². The van der Waals surface area contributed by atoms with Gasteiger partial charge in [0, 0.05) is 11.6 Å². The van der Waals surface area contributed by atoms with Crippen molar-refractivity contribution in [3.8, 4) is 0 Å². The SMILES string of the molecule is CCc1ccc(C(/C=C/c2ccccc2)=N\Nc2ccc([N+](=O)[O-])cc2[N+](=O)[O-])cc1. The molecule has 0 spiro atoms. The normalized spacial score (nSPS) is 11.5. The van der Waals surface area contributed by atoms with Gasteiger partial charge in [-0.05, 0) is 29.7 Å². The third kappa shape index (κ3) is 5.60. The van der Waals surface area contributed by atoms with Crippen molar-refractivity contribution in [1.29, 1.82) is 0 Å². The van der Waals surface area contributed by atoms with Crippen molar-refractivity contribution in [3.05, 3.63) is 116 Å². The van der Waals surface area contributed by atoms with Crippen molar-refractivity contribution in [2.24, 2.45) is 5.10 Å². The molecule has 0 saturated carbocycles. The molecule has 0 heterocycles. The van der Waals surface area contributed by atoms with Gasteiger partial charge in [-0.2, -0.15) is 5.10 Å².